The molecule has 0 saturated heterocycles. The molecule has 2 heterocycles. The van der Waals surface area contributed by atoms with Gasteiger partial charge in [-0.05, 0) is 30.2 Å². The van der Waals surface area contributed by atoms with E-state index in [4.69, 9.17) is 4.98 Å². The molecule has 0 bridgehead atoms. The number of hydrogen-bond donors (Lipinski definition) is 0. The van der Waals surface area contributed by atoms with Crippen LogP contribution in [-0.4, -0.2) is 34.5 Å². The van der Waals surface area contributed by atoms with Crippen molar-refractivity contribution in [3.8, 4) is 11.1 Å². The number of benzene rings is 2. The van der Waals surface area contributed by atoms with E-state index in [0.29, 0.717) is 28.4 Å². The molecule has 0 aliphatic heterocycles. The first kappa shape index (κ1) is 23.0. The van der Waals surface area contributed by atoms with Crippen molar-refractivity contribution in [1.29, 1.82) is 0 Å². The van der Waals surface area contributed by atoms with Gasteiger partial charge < -0.3 is 4.90 Å². The largest absolute Gasteiger partial charge is 0.345 e. The van der Waals surface area contributed by atoms with Crippen LogP contribution >= 0.6 is 23.1 Å². The fraction of sp³-hybridized carbons (Fsp3) is 0.192. The molecule has 0 aliphatic carbocycles. The Morgan fingerprint density at radius 2 is 1.85 bits per heavy atom. The van der Waals surface area contributed by atoms with Gasteiger partial charge in [0.05, 0.1) is 5.39 Å². The van der Waals surface area contributed by atoms with Gasteiger partial charge in [-0.25, -0.2) is 4.98 Å². The normalized spacial score (nSPS) is 11.0. The van der Waals surface area contributed by atoms with Crippen molar-refractivity contribution in [2.75, 3.05) is 14.1 Å². The predicted molar refractivity (Wildman–Crippen MR) is 138 cm³/mol. The smallest absolute Gasteiger partial charge is 0.263 e. The van der Waals surface area contributed by atoms with Gasteiger partial charge in [0.15, 0.2) is 5.16 Å². The first-order valence-corrected chi connectivity index (χ1v) is 12.4. The van der Waals surface area contributed by atoms with E-state index < -0.39 is 0 Å². The van der Waals surface area contributed by atoms with Crippen molar-refractivity contribution in [2.45, 2.75) is 24.4 Å². The van der Waals surface area contributed by atoms with Crippen LogP contribution < -0.4 is 5.56 Å². The van der Waals surface area contributed by atoms with Crippen molar-refractivity contribution in [3.05, 3.63) is 93.6 Å². The van der Waals surface area contributed by atoms with Crippen LogP contribution in [0, 0.1) is 6.92 Å². The number of aryl methyl sites for hydroxylation is 1. The van der Waals surface area contributed by atoms with Gasteiger partial charge in [0.2, 0.25) is 0 Å². The average molecular weight is 476 g/mol. The lowest BCUT2D eigenvalue weighted by Gasteiger charge is -2.12. The number of thioether (sulfide) groups is 1. The van der Waals surface area contributed by atoms with Gasteiger partial charge in [-0.3, -0.25) is 14.2 Å². The Kier molecular flexibility index (Phi) is 6.81. The number of aromatic nitrogens is 2. The third-order valence-corrected chi connectivity index (χ3v) is 7.23. The molecule has 0 radical (unpaired) electrons. The maximum Gasteiger partial charge on any atom is 0.263 e. The van der Waals surface area contributed by atoms with Crippen molar-refractivity contribution in [2.24, 2.45) is 0 Å². The van der Waals surface area contributed by atoms with E-state index >= 15 is 0 Å². The molecule has 1 amide bonds. The summed E-state index contributed by atoms with van der Waals surface area (Å²) in [4.78, 5) is 32.7. The molecular formula is C26H25N3O2S2. The molecule has 0 atom stereocenters. The minimum atomic E-state index is -0.0499. The monoisotopic (exact) mass is 475 g/mol. The summed E-state index contributed by atoms with van der Waals surface area (Å²) in [6, 6.07) is 15.7. The molecule has 0 saturated carbocycles. The Labute approximate surface area is 201 Å². The molecule has 0 unspecified atom stereocenters. The van der Waals surface area contributed by atoms with E-state index in [0.717, 1.165) is 21.5 Å². The maximum atomic E-state index is 13.5. The minimum Gasteiger partial charge on any atom is -0.345 e. The molecule has 0 N–H and O–H groups in total. The van der Waals surface area contributed by atoms with Crippen LogP contribution in [0.3, 0.4) is 0 Å². The van der Waals surface area contributed by atoms with Crippen molar-refractivity contribution < 1.29 is 4.79 Å². The number of carbonyl (C=O) groups excluding carboxylic acids is 1. The van der Waals surface area contributed by atoms with Crippen LogP contribution in [0.2, 0.25) is 0 Å². The summed E-state index contributed by atoms with van der Waals surface area (Å²) in [5, 5.41) is 3.33. The van der Waals surface area contributed by atoms with Crippen molar-refractivity contribution in [1.82, 2.24) is 14.5 Å². The Morgan fingerprint density at radius 3 is 2.48 bits per heavy atom. The molecule has 168 valence electrons. The molecule has 33 heavy (non-hydrogen) atoms. The van der Waals surface area contributed by atoms with Gasteiger partial charge in [-0.15, -0.1) is 17.9 Å². The molecule has 7 heteroatoms. The van der Waals surface area contributed by atoms with Gasteiger partial charge in [-0.1, -0.05) is 59.8 Å². The number of nitrogens with zero attached hydrogens (tertiary/aromatic N) is 3. The van der Waals surface area contributed by atoms with E-state index in [2.05, 4.69) is 18.7 Å². The number of rotatable bonds is 7. The van der Waals surface area contributed by atoms with Crippen LogP contribution in [0.5, 0.6) is 0 Å². The zero-order valence-electron chi connectivity index (χ0n) is 18.9. The number of thiophene rings is 1. The van der Waals surface area contributed by atoms with E-state index in [9.17, 15) is 9.59 Å². The summed E-state index contributed by atoms with van der Waals surface area (Å²) in [7, 11) is 3.48. The lowest BCUT2D eigenvalue weighted by atomic mass is 10.1. The molecule has 4 aromatic rings. The van der Waals surface area contributed by atoms with Crippen LogP contribution in [-0.2, 0) is 12.3 Å². The number of amides is 1. The summed E-state index contributed by atoms with van der Waals surface area (Å²) in [6.07, 6.45) is 1.72. The van der Waals surface area contributed by atoms with Crippen molar-refractivity contribution in [3.63, 3.8) is 0 Å². The highest BCUT2D eigenvalue weighted by atomic mass is 32.2. The number of allylic oxidation sites excluding steroid dienone is 1. The highest BCUT2D eigenvalue weighted by Gasteiger charge is 2.17. The fourth-order valence-electron chi connectivity index (χ4n) is 3.50. The Morgan fingerprint density at radius 1 is 1.15 bits per heavy atom. The SMILES string of the molecule is C=CCn1c(SCc2ccc(C(=O)N(C)C)cc2)nc2scc(-c3ccc(C)cc3)c2c1=O. The molecule has 0 aliphatic rings. The van der Waals surface area contributed by atoms with Gasteiger partial charge in [0.25, 0.3) is 11.5 Å². The van der Waals surface area contributed by atoms with Crippen LogP contribution in [0.1, 0.15) is 21.5 Å². The second-order valence-electron chi connectivity index (χ2n) is 7.98. The molecule has 2 aromatic carbocycles. The third kappa shape index (κ3) is 4.79. The Hall–Kier alpha value is -3.16. The maximum absolute atomic E-state index is 13.5. The predicted octanol–water partition coefficient (Wildman–Crippen LogP) is 5.61. The molecule has 2 aromatic heterocycles. The molecule has 5 nitrogen and oxygen atoms in total. The van der Waals surface area contributed by atoms with E-state index in [1.54, 1.807) is 29.6 Å². The van der Waals surface area contributed by atoms with E-state index in [1.807, 2.05) is 48.7 Å². The minimum absolute atomic E-state index is 0.0248. The van der Waals surface area contributed by atoms with Gasteiger partial charge in [-0.2, -0.15) is 0 Å². The average Bonchev–Trinajstić information content (AvgIpc) is 3.24. The molecule has 0 fully saturated rings. The number of hydrogen-bond acceptors (Lipinski definition) is 5. The summed E-state index contributed by atoms with van der Waals surface area (Å²) >= 11 is 3.00. The fourth-order valence-corrected chi connectivity index (χ4v) is 5.45. The van der Waals surface area contributed by atoms with E-state index in [-0.39, 0.29) is 11.5 Å². The lowest BCUT2D eigenvalue weighted by molar-refractivity contribution is 0.0827. The quantitative estimate of drug-likeness (QED) is 0.198. The zero-order valence-corrected chi connectivity index (χ0v) is 20.5. The Balaban J connectivity index is 1.66. The van der Waals surface area contributed by atoms with Gasteiger partial charge in [0, 0.05) is 42.9 Å². The summed E-state index contributed by atoms with van der Waals surface area (Å²) in [6.45, 7) is 6.26. The number of carbonyl (C=O) groups is 1. The summed E-state index contributed by atoms with van der Waals surface area (Å²) < 4.78 is 1.69. The topological polar surface area (TPSA) is 55.2 Å². The molecular weight excluding hydrogens is 450 g/mol. The number of fused-ring (bicyclic) bond motifs is 1. The first-order valence-electron chi connectivity index (χ1n) is 10.5. The standard InChI is InChI=1S/C26H25N3O2S2/c1-5-14-29-25(31)22-21(19-10-6-17(2)7-11-19)16-32-23(22)27-26(29)33-15-18-8-12-20(13-9-18)24(30)28(3)4/h5-13,16H,1,14-15H2,2-4H3. The van der Waals surface area contributed by atoms with Crippen molar-refractivity contribution >= 4 is 39.2 Å². The van der Waals surface area contributed by atoms with Crippen LogP contribution in [0.15, 0.2) is 76.5 Å². The summed E-state index contributed by atoms with van der Waals surface area (Å²) in [5.41, 5.74) is 4.77. The molecule has 0 spiro atoms. The molecule has 4 rings (SSSR count). The lowest BCUT2D eigenvalue weighted by Crippen LogP contribution is -2.22. The highest BCUT2D eigenvalue weighted by Crippen LogP contribution is 2.33. The third-order valence-electron chi connectivity index (χ3n) is 5.31. The second kappa shape index (κ2) is 9.77. The first-order chi connectivity index (χ1) is 15.9. The highest BCUT2D eigenvalue weighted by molar-refractivity contribution is 7.98. The Bertz CT molecular complexity index is 1370. The van der Waals surface area contributed by atoms with E-state index in [1.165, 1.54) is 28.7 Å². The van der Waals surface area contributed by atoms with Gasteiger partial charge in [0.1, 0.15) is 4.83 Å². The second-order valence-corrected chi connectivity index (χ2v) is 9.78. The van der Waals surface area contributed by atoms with Gasteiger partial charge >= 0.3 is 0 Å². The summed E-state index contributed by atoms with van der Waals surface area (Å²) in [5.74, 6) is 0.616. The van der Waals surface area contributed by atoms with Crippen LogP contribution in [0.4, 0.5) is 0 Å². The van der Waals surface area contributed by atoms with Crippen LogP contribution in [0.25, 0.3) is 21.3 Å². The zero-order chi connectivity index (χ0) is 23.5.